The third-order valence-corrected chi connectivity index (χ3v) is 3.04. The molecule has 0 bridgehead atoms. The molecule has 0 aliphatic rings. The van der Waals surface area contributed by atoms with Crippen LogP contribution in [0.15, 0.2) is 48.5 Å². The third-order valence-electron chi connectivity index (χ3n) is 2.81. The summed E-state index contributed by atoms with van der Waals surface area (Å²) in [6, 6.07) is 13.9. The number of phenolic OH excluding ortho intramolecular Hbond substituents is 1. The zero-order valence-corrected chi connectivity index (χ0v) is 11.0. The lowest BCUT2D eigenvalue weighted by Gasteiger charge is -2.16. The maximum atomic E-state index is 9.43. The maximum Gasteiger partial charge on any atom is 0.123 e. The molecule has 0 saturated carbocycles. The van der Waals surface area contributed by atoms with Crippen LogP contribution in [-0.4, -0.2) is 23.4 Å². The van der Waals surface area contributed by atoms with Gasteiger partial charge < -0.3 is 14.9 Å². The minimum Gasteiger partial charge on any atom is -0.508 e. The fourth-order valence-electron chi connectivity index (χ4n) is 1.78. The number of aliphatic hydroxyl groups excluding tert-OH is 1. The fraction of sp³-hybridized carbons (Fsp3) is 0.200. The van der Waals surface area contributed by atoms with Gasteiger partial charge in [-0.25, -0.2) is 0 Å². The monoisotopic (exact) mass is 278 g/mol. The summed E-state index contributed by atoms with van der Waals surface area (Å²) in [6.07, 6.45) is 0. The first-order valence-corrected chi connectivity index (χ1v) is 6.35. The van der Waals surface area contributed by atoms with Crippen LogP contribution in [0.2, 0.25) is 5.02 Å². The molecule has 2 aromatic carbocycles. The summed E-state index contributed by atoms with van der Waals surface area (Å²) in [6.45, 7) is 0.291. The number of aromatic hydroxyl groups is 1. The molecule has 0 aromatic heterocycles. The number of benzene rings is 2. The second-order valence-corrected chi connectivity index (χ2v) is 4.68. The molecule has 1 unspecified atom stereocenters. The van der Waals surface area contributed by atoms with Gasteiger partial charge in [-0.1, -0.05) is 29.8 Å². The van der Waals surface area contributed by atoms with Gasteiger partial charge >= 0.3 is 0 Å². The topological polar surface area (TPSA) is 49.7 Å². The van der Waals surface area contributed by atoms with Gasteiger partial charge in [0.2, 0.25) is 0 Å². The van der Waals surface area contributed by atoms with Crippen LogP contribution in [0.3, 0.4) is 0 Å². The molecule has 1 atom stereocenters. The van der Waals surface area contributed by atoms with E-state index in [1.807, 2.05) is 18.2 Å². The van der Waals surface area contributed by atoms with Crippen LogP contribution in [-0.2, 0) is 0 Å². The van der Waals surface area contributed by atoms with E-state index in [4.69, 9.17) is 16.3 Å². The first-order chi connectivity index (χ1) is 9.19. The highest BCUT2D eigenvalue weighted by Crippen LogP contribution is 2.22. The van der Waals surface area contributed by atoms with E-state index in [1.54, 1.807) is 24.3 Å². The van der Waals surface area contributed by atoms with Crippen molar-refractivity contribution in [1.82, 2.24) is 0 Å². The molecule has 2 N–H and O–H groups in total. The van der Waals surface area contributed by atoms with E-state index in [1.165, 1.54) is 6.07 Å². The van der Waals surface area contributed by atoms with Crippen molar-refractivity contribution < 1.29 is 14.9 Å². The first kappa shape index (κ1) is 13.7. The van der Waals surface area contributed by atoms with Gasteiger partial charge in [-0.05, 0) is 29.8 Å². The van der Waals surface area contributed by atoms with Crippen LogP contribution >= 0.6 is 11.6 Å². The Morgan fingerprint density at radius 1 is 1.11 bits per heavy atom. The maximum absolute atomic E-state index is 9.43. The zero-order chi connectivity index (χ0) is 13.7. The molecule has 0 aliphatic heterocycles. The smallest absolute Gasteiger partial charge is 0.123 e. The van der Waals surface area contributed by atoms with E-state index < -0.39 is 0 Å². The van der Waals surface area contributed by atoms with Gasteiger partial charge in [0.05, 0.1) is 13.2 Å². The Morgan fingerprint density at radius 3 is 2.58 bits per heavy atom. The molecule has 0 spiro atoms. The molecule has 0 heterocycles. The molecule has 2 aromatic rings. The summed E-state index contributed by atoms with van der Waals surface area (Å²) in [7, 11) is 0. The SMILES string of the molecule is OCC(COc1cccc(O)c1)c1cccc(Cl)c1. The summed E-state index contributed by atoms with van der Waals surface area (Å²) < 4.78 is 5.57. The van der Waals surface area contributed by atoms with Gasteiger partial charge in [-0.3, -0.25) is 0 Å². The lowest BCUT2D eigenvalue weighted by Crippen LogP contribution is -2.14. The summed E-state index contributed by atoms with van der Waals surface area (Å²) in [5.74, 6) is 0.572. The minimum absolute atomic E-state index is 0.0286. The molecule has 3 nitrogen and oxygen atoms in total. The highest BCUT2D eigenvalue weighted by molar-refractivity contribution is 6.30. The van der Waals surface area contributed by atoms with Gasteiger partial charge in [-0.15, -0.1) is 0 Å². The summed E-state index contributed by atoms with van der Waals surface area (Å²) in [5, 5.41) is 19.4. The normalized spacial score (nSPS) is 12.1. The van der Waals surface area contributed by atoms with Crippen LogP contribution in [0.4, 0.5) is 0 Å². The molecule has 0 saturated heterocycles. The molecular weight excluding hydrogens is 264 g/mol. The standard InChI is InChI=1S/C15H15ClO3/c16-13-4-1-3-11(7-13)12(9-17)10-19-15-6-2-5-14(18)8-15/h1-8,12,17-18H,9-10H2. The molecule has 19 heavy (non-hydrogen) atoms. The number of aliphatic hydroxyl groups is 1. The Balaban J connectivity index is 2.04. The van der Waals surface area contributed by atoms with Crippen LogP contribution < -0.4 is 4.74 Å². The van der Waals surface area contributed by atoms with Crippen molar-refractivity contribution in [2.24, 2.45) is 0 Å². The summed E-state index contributed by atoms with van der Waals surface area (Å²) in [4.78, 5) is 0. The number of phenols is 1. The molecule has 0 radical (unpaired) electrons. The zero-order valence-electron chi connectivity index (χ0n) is 10.3. The molecule has 0 amide bonds. The predicted octanol–water partition coefficient (Wildman–Crippen LogP) is 3.20. The Morgan fingerprint density at radius 2 is 1.89 bits per heavy atom. The number of rotatable bonds is 5. The second-order valence-electron chi connectivity index (χ2n) is 4.24. The first-order valence-electron chi connectivity index (χ1n) is 5.97. The Bertz CT molecular complexity index is 542. The number of halogens is 1. The highest BCUT2D eigenvalue weighted by atomic mass is 35.5. The number of hydrogen-bond donors (Lipinski definition) is 2. The van der Waals surface area contributed by atoms with Crippen molar-refractivity contribution in [3.8, 4) is 11.5 Å². The summed E-state index contributed by atoms with van der Waals surface area (Å²) >= 11 is 5.93. The molecule has 0 aliphatic carbocycles. The van der Waals surface area contributed by atoms with Crippen molar-refractivity contribution in [3.05, 3.63) is 59.1 Å². The van der Waals surface area contributed by atoms with E-state index in [0.29, 0.717) is 17.4 Å². The third kappa shape index (κ3) is 3.88. The van der Waals surface area contributed by atoms with Crippen LogP contribution in [0.1, 0.15) is 11.5 Å². The van der Waals surface area contributed by atoms with Crippen molar-refractivity contribution in [2.45, 2.75) is 5.92 Å². The van der Waals surface area contributed by atoms with Gasteiger partial charge in [0.25, 0.3) is 0 Å². The van der Waals surface area contributed by atoms with Gasteiger partial charge in [0.15, 0.2) is 0 Å². The van der Waals surface area contributed by atoms with Gasteiger partial charge in [-0.2, -0.15) is 0 Å². The number of ether oxygens (including phenoxy) is 1. The van der Waals surface area contributed by atoms with Gasteiger partial charge in [0.1, 0.15) is 11.5 Å². The lowest BCUT2D eigenvalue weighted by molar-refractivity contribution is 0.205. The largest absolute Gasteiger partial charge is 0.508 e. The van der Waals surface area contributed by atoms with Crippen molar-refractivity contribution in [1.29, 1.82) is 0 Å². The van der Waals surface area contributed by atoms with E-state index in [-0.39, 0.29) is 18.3 Å². The van der Waals surface area contributed by atoms with E-state index in [2.05, 4.69) is 0 Å². The van der Waals surface area contributed by atoms with Crippen LogP contribution in [0, 0.1) is 0 Å². The Hall–Kier alpha value is -1.71. The molecule has 4 heteroatoms. The number of hydrogen-bond acceptors (Lipinski definition) is 3. The van der Waals surface area contributed by atoms with Crippen molar-refractivity contribution in [2.75, 3.05) is 13.2 Å². The van der Waals surface area contributed by atoms with E-state index in [9.17, 15) is 10.2 Å². The van der Waals surface area contributed by atoms with E-state index >= 15 is 0 Å². The van der Waals surface area contributed by atoms with E-state index in [0.717, 1.165) is 5.56 Å². The van der Waals surface area contributed by atoms with Crippen molar-refractivity contribution in [3.63, 3.8) is 0 Å². The highest BCUT2D eigenvalue weighted by Gasteiger charge is 2.12. The molecular formula is C15H15ClO3. The lowest BCUT2D eigenvalue weighted by atomic mass is 10.0. The van der Waals surface area contributed by atoms with Crippen LogP contribution in [0.5, 0.6) is 11.5 Å². The second kappa shape index (κ2) is 6.45. The molecule has 0 fully saturated rings. The molecule has 100 valence electrons. The fourth-order valence-corrected chi connectivity index (χ4v) is 1.98. The Kier molecular flexibility index (Phi) is 4.66. The summed E-state index contributed by atoms with van der Waals surface area (Å²) in [5.41, 5.74) is 0.926. The average molecular weight is 279 g/mol. The Labute approximate surface area is 117 Å². The van der Waals surface area contributed by atoms with Crippen molar-refractivity contribution >= 4 is 11.6 Å². The van der Waals surface area contributed by atoms with Gasteiger partial charge in [0, 0.05) is 17.0 Å². The average Bonchev–Trinajstić information content (AvgIpc) is 2.40. The predicted molar refractivity (Wildman–Crippen MR) is 74.9 cm³/mol. The minimum atomic E-state index is -0.152. The molecule has 2 rings (SSSR count). The quantitative estimate of drug-likeness (QED) is 0.883. The van der Waals surface area contributed by atoms with Crippen LogP contribution in [0.25, 0.3) is 0 Å².